The molecule has 0 spiro atoms. The van der Waals surface area contributed by atoms with Crippen LogP contribution in [0.3, 0.4) is 0 Å². The second-order valence-corrected chi connectivity index (χ2v) is 6.83. The van der Waals surface area contributed by atoms with Gasteiger partial charge in [-0.2, -0.15) is 0 Å². The highest BCUT2D eigenvalue weighted by Crippen LogP contribution is 2.19. The molecule has 4 heteroatoms. The standard InChI is InChI=1S/C14H20NO2S/c16-18(17,12-14-6-9-15-10-7-14)11-8-13-4-2-1-3-5-13/h1-5,12,14-15H,6-11H2. The summed E-state index contributed by atoms with van der Waals surface area (Å²) in [6, 6.07) is 9.77. The number of aryl methyl sites for hydroxylation is 1. The molecule has 1 aliphatic rings. The van der Waals surface area contributed by atoms with Crippen molar-refractivity contribution in [3.8, 4) is 0 Å². The molecular formula is C14H20NO2S. The van der Waals surface area contributed by atoms with Crippen LogP contribution < -0.4 is 5.32 Å². The molecule has 18 heavy (non-hydrogen) atoms. The van der Waals surface area contributed by atoms with Crippen molar-refractivity contribution in [2.45, 2.75) is 19.3 Å². The molecular weight excluding hydrogens is 246 g/mol. The maximum atomic E-state index is 12.0. The highest BCUT2D eigenvalue weighted by atomic mass is 32.2. The Bertz CT molecular complexity index is 450. The van der Waals surface area contributed by atoms with E-state index >= 15 is 0 Å². The zero-order valence-corrected chi connectivity index (χ0v) is 11.3. The van der Waals surface area contributed by atoms with E-state index in [-0.39, 0.29) is 11.7 Å². The van der Waals surface area contributed by atoms with Crippen LogP contribution in [0.15, 0.2) is 30.3 Å². The molecule has 1 radical (unpaired) electrons. The molecule has 1 N–H and O–H groups in total. The van der Waals surface area contributed by atoms with Crippen LogP contribution in [0.2, 0.25) is 0 Å². The van der Waals surface area contributed by atoms with Crippen molar-refractivity contribution in [3.05, 3.63) is 41.6 Å². The van der Waals surface area contributed by atoms with Crippen molar-refractivity contribution >= 4 is 9.84 Å². The van der Waals surface area contributed by atoms with Crippen LogP contribution in [0, 0.1) is 11.7 Å². The van der Waals surface area contributed by atoms with E-state index in [4.69, 9.17) is 0 Å². The molecule has 0 aromatic heterocycles. The summed E-state index contributed by atoms with van der Waals surface area (Å²) in [7, 11) is -3.03. The molecule has 0 saturated carbocycles. The summed E-state index contributed by atoms with van der Waals surface area (Å²) in [5.41, 5.74) is 1.08. The molecule has 0 atom stereocenters. The second-order valence-electron chi connectivity index (χ2n) is 4.83. The Morgan fingerprint density at radius 3 is 2.50 bits per heavy atom. The Morgan fingerprint density at radius 2 is 1.83 bits per heavy atom. The van der Waals surface area contributed by atoms with Crippen molar-refractivity contribution in [1.29, 1.82) is 0 Å². The van der Waals surface area contributed by atoms with Gasteiger partial charge in [0.2, 0.25) is 0 Å². The summed E-state index contributed by atoms with van der Waals surface area (Å²) in [6.07, 6.45) is 2.47. The lowest BCUT2D eigenvalue weighted by atomic mass is 10.0. The maximum Gasteiger partial charge on any atom is 0.155 e. The smallest absolute Gasteiger partial charge is 0.155 e. The number of piperidine rings is 1. The van der Waals surface area contributed by atoms with Gasteiger partial charge in [-0.1, -0.05) is 30.3 Å². The van der Waals surface area contributed by atoms with Crippen LogP contribution in [0.4, 0.5) is 0 Å². The van der Waals surface area contributed by atoms with E-state index in [1.54, 1.807) is 5.75 Å². The van der Waals surface area contributed by atoms with E-state index in [0.717, 1.165) is 31.5 Å². The van der Waals surface area contributed by atoms with Gasteiger partial charge in [-0.05, 0) is 43.8 Å². The lowest BCUT2D eigenvalue weighted by Crippen LogP contribution is -2.29. The van der Waals surface area contributed by atoms with Crippen molar-refractivity contribution < 1.29 is 8.42 Å². The first-order valence-corrected chi connectivity index (χ1v) is 8.19. The van der Waals surface area contributed by atoms with E-state index in [0.29, 0.717) is 6.42 Å². The third kappa shape index (κ3) is 4.42. The van der Waals surface area contributed by atoms with Crippen LogP contribution in [0.1, 0.15) is 18.4 Å². The van der Waals surface area contributed by atoms with Gasteiger partial charge in [0.15, 0.2) is 9.84 Å². The Hall–Kier alpha value is -0.870. The average molecular weight is 266 g/mol. The maximum absolute atomic E-state index is 12.0. The fraction of sp³-hybridized carbons (Fsp3) is 0.500. The van der Waals surface area contributed by atoms with Gasteiger partial charge >= 0.3 is 0 Å². The Labute approximate surface area is 110 Å². The van der Waals surface area contributed by atoms with Gasteiger partial charge in [-0.15, -0.1) is 0 Å². The van der Waals surface area contributed by atoms with Gasteiger partial charge in [0, 0.05) is 0 Å². The summed E-state index contributed by atoms with van der Waals surface area (Å²) >= 11 is 0. The zero-order valence-electron chi connectivity index (χ0n) is 10.5. The molecule has 3 nitrogen and oxygen atoms in total. The molecule has 0 amide bonds. The number of hydrogen-bond donors (Lipinski definition) is 1. The summed E-state index contributed by atoms with van der Waals surface area (Å²) < 4.78 is 24.0. The predicted molar refractivity (Wildman–Crippen MR) is 73.8 cm³/mol. The first-order chi connectivity index (χ1) is 8.66. The molecule has 1 aliphatic heterocycles. The first-order valence-electron chi connectivity index (χ1n) is 6.48. The molecule has 2 rings (SSSR count). The number of hydrogen-bond acceptors (Lipinski definition) is 3. The topological polar surface area (TPSA) is 46.2 Å². The number of nitrogens with one attached hydrogen (secondary N) is 1. The Kier molecular flexibility index (Phi) is 4.78. The number of benzene rings is 1. The monoisotopic (exact) mass is 266 g/mol. The average Bonchev–Trinajstić information content (AvgIpc) is 2.38. The van der Waals surface area contributed by atoms with Gasteiger partial charge < -0.3 is 5.32 Å². The van der Waals surface area contributed by atoms with Gasteiger partial charge in [0.05, 0.1) is 11.5 Å². The molecule has 1 aromatic rings. The van der Waals surface area contributed by atoms with E-state index in [2.05, 4.69) is 5.32 Å². The van der Waals surface area contributed by atoms with Gasteiger partial charge in [0.1, 0.15) is 0 Å². The second kappa shape index (κ2) is 6.34. The SMILES string of the molecule is O=S(=O)([CH]C1CCNCC1)CCc1ccccc1. The summed E-state index contributed by atoms with van der Waals surface area (Å²) in [5, 5.41) is 3.24. The minimum absolute atomic E-state index is 0.223. The number of sulfone groups is 1. The third-order valence-electron chi connectivity index (χ3n) is 3.30. The predicted octanol–water partition coefficient (Wildman–Crippen LogP) is 1.81. The number of rotatable bonds is 5. The van der Waals surface area contributed by atoms with Crippen molar-refractivity contribution in [2.75, 3.05) is 18.8 Å². The lowest BCUT2D eigenvalue weighted by Gasteiger charge is -2.21. The molecule has 1 heterocycles. The van der Waals surface area contributed by atoms with E-state index in [1.807, 2.05) is 30.3 Å². The minimum atomic E-state index is -3.03. The van der Waals surface area contributed by atoms with E-state index < -0.39 is 9.84 Å². The van der Waals surface area contributed by atoms with E-state index in [9.17, 15) is 8.42 Å². The van der Waals surface area contributed by atoms with E-state index in [1.165, 1.54) is 0 Å². The molecule has 0 bridgehead atoms. The van der Waals surface area contributed by atoms with Crippen molar-refractivity contribution in [3.63, 3.8) is 0 Å². The van der Waals surface area contributed by atoms with Crippen molar-refractivity contribution in [1.82, 2.24) is 5.32 Å². The lowest BCUT2D eigenvalue weighted by molar-refractivity contribution is 0.424. The summed E-state index contributed by atoms with van der Waals surface area (Å²) in [6.45, 7) is 1.85. The highest BCUT2D eigenvalue weighted by molar-refractivity contribution is 7.93. The first kappa shape index (κ1) is 13.6. The molecule has 1 aromatic carbocycles. The quantitative estimate of drug-likeness (QED) is 0.884. The van der Waals surface area contributed by atoms with Crippen LogP contribution >= 0.6 is 0 Å². The Morgan fingerprint density at radius 1 is 1.17 bits per heavy atom. The van der Waals surface area contributed by atoms with Crippen molar-refractivity contribution in [2.24, 2.45) is 5.92 Å². The van der Waals surface area contributed by atoms with Crippen LogP contribution in [0.5, 0.6) is 0 Å². The molecule has 1 saturated heterocycles. The molecule has 99 valence electrons. The molecule has 0 unspecified atom stereocenters. The zero-order chi connectivity index (χ0) is 12.8. The Balaban J connectivity index is 1.83. The van der Waals surface area contributed by atoms with Gasteiger partial charge in [-0.25, -0.2) is 8.42 Å². The fourth-order valence-corrected chi connectivity index (χ4v) is 3.76. The van der Waals surface area contributed by atoms with Gasteiger partial charge in [-0.3, -0.25) is 0 Å². The van der Waals surface area contributed by atoms with Crippen LogP contribution in [-0.2, 0) is 16.3 Å². The minimum Gasteiger partial charge on any atom is -0.317 e. The molecule has 1 fully saturated rings. The normalized spacial score (nSPS) is 17.8. The fourth-order valence-electron chi connectivity index (χ4n) is 2.25. The third-order valence-corrected chi connectivity index (χ3v) is 4.87. The van der Waals surface area contributed by atoms with Crippen LogP contribution in [0.25, 0.3) is 0 Å². The summed E-state index contributed by atoms with van der Waals surface area (Å²) in [4.78, 5) is 0. The summed E-state index contributed by atoms with van der Waals surface area (Å²) in [5.74, 6) is 2.03. The van der Waals surface area contributed by atoms with Crippen LogP contribution in [-0.4, -0.2) is 27.3 Å². The largest absolute Gasteiger partial charge is 0.317 e. The van der Waals surface area contributed by atoms with Gasteiger partial charge in [0.25, 0.3) is 0 Å². The highest BCUT2D eigenvalue weighted by Gasteiger charge is 2.21. The molecule has 0 aliphatic carbocycles.